The molecule has 1 aliphatic heterocycles. The summed E-state index contributed by atoms with van der Waals surface area (Å²) in [6.07, 6.45) is 3.78. The molecular formula is C21H28N2O2S. The average Bonchev–Trinajstić information content (AvgIpc) is 2.97. The van der Waals surface area contributed by atoms with Crippen molar-refractivity contribution >= 4 is 22.3 Å². The van der Waals surface area contributed by atoms with Crippen molar-refractivity contribution in [2.24, 2.45) is 0 Å². The van der Waals surface area contributed by atoms with Crippen LogP contribution in [-0.4, -0.2) is 31.1 Å². The van der Waals surface area contributed by atoms with Gasteiger partial charge in [0.25, 0.3) is 0 Å². The molecule has 4 nitrogen and oxygen atoms in total. The lowest BCUT2D eigenvalue weighted by Crippen LogP contribution is -2.28. The normalized spacial score (nSPS) is 15.4. The van der Waals surface area contributed by atoms with Gasteiger partial charge in [-0.2, -0.15) is 0 Å². The number of benzene rings is 1. The first kappa shape index (κ1) is 18.9. The van der Waals surface area contributed by atoms with E-state index in [0.29, 0.717) is 16.5 Å². The van der Waals surface area contributed by atoms with Crippen LogP contribution in [0.15, 0.2) is 24.3 Å². The molecule has 2 aromatic rings. The lowest BCUT2D eigenvalue weighted by atomic mass is 9.96. The Balaban J connectivity index is 2.02. The second-order valence-electron chi connectivity index (χ2n) is 7.24. The van der Waals surface area contributed by atoms with Crippen molar-refractivity contribution in [3.8, 4) is 11.1 Å². The number of methoxy groups -OCH3 is 1. The maximum atomic E-state index is 12.4. The quantitative estimate of drug-likeness (QED) is 0.759. The molecular weight excluding hydrogens is 344 g/mol. The smallest absolute Gasteiger partial charge is 0.341 e. The number of nitrogens with two attached hydrogens (primary N) is 1. The summed E-state index contributed by atoms with van der Waals surface area (Å²) in [7, 11) is 1.41. The third kappa shape index (κ3) is 3.94. The van der Waals surface area contributed by atoms with Gasteiger partial charge in [0.05, 0.1) is 7.11 Å². The van der Waals surface area contributed by atoms with Crippen LogP contribution in [0, 0.1) is 0 Å². The molecule has 0 spiro atoms. The Morgan fingerprint density at radius 2 is 1.85 bits per heavy atom. The summed E-state index contributed by atoms with van der Waals surface area (Å²) in [6, 6.07) is 8.48. The molecule has 1 saturated heterocycles. The van der Waals surface area contributed by atoms with E-state index in [9.17, 15) is 4.79 Å². The minimum absolute atomic E-state index is 0.355. The fourth-order valence-corrected chi connectivity index (χ4v) is 4.70. The second kappa shape index (κ2) is 8.23. The van der Waals surface area contributed by atoms with E-state index in [2.05, 4.69) is 43.0 Å². The molecule has 3 rings (SSSR count). The zero-order valence-corrected chi connectivity index (χ0v) is 16.7. The molecule has 1 fully saturated rings. The van der Waals surface area contributed by atoms with E-state index in [-0.39, 0.29) is 5.97 Å². The molecule has 1 aromatic carbocycles. The number of nitrogens with zero attached hydrogens (tertiary/aromatic N) is 1. The highest BCUT2D eigenvalue weighted by Crippen LogP contribution is 2.40. The summed E-state index contributed by atoms with van der Waals surface area (Å²) in [4.78, 5) is 16.0. The Labute approximate surface area is 160 Å². The van der Waals surface area contributed by atoms with Crippen LogP contribution in [0.4, 0.5) is 5.00 Å². The summed E-state index contributed by atoms with van der Waals surface area (Å²) < 4.78 is 5.02. The summed E-state index contributed by atoms with van der Waals surface area (Å²) in [5.74, 6) is 0.121. The van der Waals surface area contributed by atoms with Gasteiger partial charge in [-0.15, -0.1) is 11.3 Å². The van der Waals surface area contributed by atoms with Gasteiger partial charge < -0.3 is 10.5 Å². The molecule has 2 N–H and O–H groups in total. The van der Waals surface area contributed by atoms with Gasteiger partial charge in [-0.1, -0.05) is 44.5 Å². The Morgan fingerprint density at radius 1 is 1.19 bits per heavy atom. The van der Waals surface area contributed by atoms with Crippen molar-refractivity contribution in [2.75, 3.05) is 25.9 Å². The number of anilines is 1. The van der Waals surface area contributed by atoms with E-state index in [4.69, 9.17) is 10.5 Å². The first-order chi connectivity index (χ1) is 12.5. The number of carbonyl (C=O) groups excluding carboxylic acids is 1. The number of esters is 1. The minimum Gasteiger partial charge on any atom is -0.465 e. The van der Waals surface area contributed by atoms with Crippen molar-refractivity contribution in [1.82, 2.24) is 4.90 Å². The Kier molecular flexibility index (Phi) is 5.99. The molecule has 0 radical (unpaired) electrons. The van der Waals surface area contributed by atoms with E-state index >= 15 is 0 Å². The molecule has 0 atom stereocenters. The van der Waals surface area contributed by atoms with Crippen LogP contribution in [0.3, 0.4) is 0 Å². The molecule has 1 aliphatic rings. The van der Waals surface area contributed by atoms with Crippen molar-refractivity contribution < 1.29 is 9.53 Å². The maximum Gasteiger partial charge on any atom is 0.341 e. The van der Waals surface area contributed by atoms with Gasteiger partial charge >= 0.3 is 5.97 Å². The van der Waals surface area contributed by atoms with Crippen molar-refractivity contribution in [3.05, 3.63) is 40.3 Å². The summed E-state index contributed by atoms with van der Waals surface area (Å²) in [6.45, 7) is 7.42. The predicted molar refractivity (Wildman–Crippen MR) is 109 cm³/mol. The number of hydrogen-bond acceptors (Lipinski definition) is 5. The molecule has 0 amide bonds. The fraction of sp³-hybridized carbons (Fsp3) is 0.476. The number of nitrogen functional groups attached to an aromatic ring is 1. The van der Waals surface area contributed by atoms with Crippen molar-refractivity contribution in [3.63, 3.8) is 0 Å². The van der Waals surface area contributed by atoms with Crippen LogP contribution in [0.25, 0.3) is 11.1 Å². The van der Waals surface area contributed by atoms with Crippen molar-refractivity contribution in [1.29, 1.82) is 0 Å². The van der Waals surface area contributed by atoms with Crippen molar-refractivity contribution in [2.45, 2.75) is 45.6 Å². The number of thiophene rings is 1. The number of piperidine rings is 1. The lowest BCUT2D eigenvalue weighted by Gasteiger charge is -2.26. The molecule has 2 heterocycles. The summed E-state index contributed by atoms with van der Waals surface area (Å²) in [5, 5.41) is 0.548. The van der Waals surface area contributed by atoms with Crippen LogP contribution < -0.4 is 5.73 Å². The molecule has 5 heteroatoms. The van der Waals surface area contributed by atoms with E-state index in [1.54, 1.807) is 0 Å². The first-order valence-electron chi connectivity index (χ1n) is 9.33. The van der Waals surface area contributed by atoms with E-state index in [0.717, 1.165) is 35.6 Å². The first-order valence-corrected chi connectivity index (χ1v) is 10.1. The van der Waals surface area contributed by atoms with Gasteiger partial charge in [-0.25, -0.2) is 4.79 Å². The van der Waals surface area contributed by atoms with Gasteiger partial charge in [-0.3, -0.25) is 4.90 Å². The number of ether oxygens (including phenoxy) is 1. The van der Waals surface area contributed by atoms with Gasteiger partial charge in [0.2, 0.25) is 0 Å². The summed E-state index contributed by atoms with van der Waals surface area (Å²) >= 11 is 1.52. The number of hydrogen-bond donors (Lipinski definition) is 1. The highest BCUT2D eigenvalue weighted by molar-refractivity contribution is 7.17. The third-order valence-electron chi connectivity index (χ3n) is 5.08. The molecule has 140 valence electrons. The molecule has 0 unspecified atom stereocenters. The number of likely N-dealkylation sites (tertiary alicyclic amines) is 1. The molecule has 1 aromatic heterocycles. The topological polar surface area (TPSA) is 55.6 Å². The van der Waals surface area contributed by atoms with Crippen LogP contribution in [0.1, 0.15) is 59.8 Å². The predicted octanol–water partition coefficient (Wildman–Crippen LogP) is 4.89. The maximum absolute atomic E-state index is 12.4. The molecule has 26 heavy (non-hydrogen) atoms. The van der Waals surface area contributed by atoms with Crippen LogP contribution in [-0.2, 0) is 11.3 Å². The van der Waals surface area contributed by atoms with Gasteiger partial charge in [0.15, 0.2) is 0 Å². The molecule has 0 bridgehead atoms. The molecule has 0 aliphatic carbocycles. The summed E-state index contributed by atoms with van der Waals surface area (Å²) in [5.41, 5.74) is 10.0. The monoisotopic (exact) mass is 372 g/mol. The largest absolute Gasteiger partial charge is 0.465 e. The Morgan fingerprint density at radius 3 is 2.42 bits per heavy atom. The van der Waals surface area contributed by atoms with Crippen LogP contribution >= 0.6 is 11.3 Å². The van der Waals surface area contributed by atoms with E-state index in [1.807, 2.05) is 0 Å². The zero-order valence-electron chi connectivity index (χ0n) is 15.9. The lowest BCUT2D eigenvalue weighted by molar-refractivity contribution is 0.0603. The SMILES string of the molecule is COC(=O)c1c(N)sc(CN2CCCCC2)c1-c1ccc(C(C)C)cc1. The van der Waals surface area contributed by atoms with Gasteiger partial charge in [0.1, 0.15) is 10.6 Å². The van der Waals surface area contributed by atoms with Crippen LogP contribution in [0.5, 0.6) is 0 Å². The minimum atomic E-state index is -0.355. The average molecular weight is 373 g/mol. The highest BCUT2D eigenvalue weighted by Gasteiger charge is 2.25. The number of carbonyl (C=O) groups is 1. The zero-order chi connectivity index (χ0) is 18.7. The third-order valence-corrected chi connectivity index (χ3v) is 6.08. The fourth-order valence-electron chi connectivity index (χ4n) is 3.57. The van der Waals surface area contributed by atoms with E-state index < -0.39 is 0 Å². The highest BCUT2D eigenvalue weighted by atomic mass is 32.1. The Bertz CT molecular complexity index is 759. The van der Waals surface area contributed by atoms with E-state index in [1.165, 1.54) is 43.3 Å². The van der Waals surface area contributed by atoms with Gasteiger partial charge in [-0.05, 0) is 43.0 Å². The van der Waals surface area contributed by atoms with Crippen LogP contribution in [0.2, 0.25) is 0 Å². The van der Waals surface area contributed by atoms with Gasteiger partial charge in [0, 0.05) is 17.0 Å². The second-order valence-corrected chi connectivity index (χ2v) is 8.38. The molecule has 0 saturated carbocycles. The number of rotatable bonds is 5. The Hall–Kier alpha value is -1.85. The standard InChI is InChI=1S/C21H28N2O2S/c1-14(2)15-7-9-16(10-8-15)18-17(13-23-11-5-4-6-12-23)26-20(22)19(18)21(24)25-3/h7-10,14H,4-6,11-13,22H2,1-3H3.